The molecule has 0 radical (unpaired) electrons. The zero-order valence-corrected chi connectivity index (χ0v) is 10.2. The van der Waals surface area contributed by atoms with Crippen molar-refractivity contribution in [3.05, 3.63) is 18.3 Å². The van der Waals surface area contributed by atoms with Crippen LogP contribution < -0.4 is 11.1 Å². The summed E-state index contributed by atoms with van der Waals surface area (Å²) in [4.78, 5) is 4.17. The molecule has 0 aromatic carbocycles. The highest BCUT2D eigenvalue weighted by molar-refractivity contribution is 5.60. The smallest absolute Gasteiger partial charge is 0.149 e. The van der Waals surface area contributed by atoms with Gasteiger partial charge in [0, 0.05) is 12.7 Å². The minimum Gasteiger partial charge on any atom is -0.396 e. The van der Waals surface area contributed by atoms with Gasteiger partial charge < -0.3 is 16.2 Å². The molecule has 94 valence electrons. The van der Waals surface area contributed by atoms with Gasteiger partial charge >= 0.3 is 0 Å². The lowest BCUT2D eigenvalue weighted by Crippen LogP contribution is -2.36. The molecule has 0 spiro atoms. The van der Waals surface area contributed by atoms with E-state index in [-0.39, 0.29) is 0 Å². The maximum Gasteiger partial charge on any atom is 0.149 e. The minimum atomic E-state index is -0.597. The molecule has 0 saturated heterocycles. The van der Waals surface area contributed by atoms with Crippen molar-refractivity contribution in [2.24, 2.45) is 0 Å². The molecule has 0 atom stereocenters. The summed E-state index contributed by atoms with van der Waals surface area (Å²) in [7, 11) is 0. The Labute approximate surface area is 102 Å². The van der Waals surface area contributed by atoms with Crippen molar-refractivity contribution in [1.82, 2.24) is 4.98 Å². The number of aliphatic hydroxyl groups is 1. The molecule has 0 aliphatic heterocycles. The van der Waals surface area contributed by atoms with Crippen LogP contribution in [0.1, 0.15) is 38.5 Å². The fraction of sp³-hybridized carbons (Fsp3) is 0.615. The quantitative estimate of drug-likeness (QED) is 0.702. The van der Waals surface area contributed by atoms with Crippen molar-refractivity contribution in [2.75, 3.05) is 17.6 Å². The number of anilines is 2. The van der Waals surface area contributed by atoms with Crippen molar-refractivity contribution in [1.29, 1.82) is 0 Å². The second kappa shape index (κ2) is 5.36. The SMILES string of the molecule is Nc1cccnc1NCC1(O)CCCCCC1. The van der Waals surface area contributed by atoms with E-state index in [1.165, 1.54) is 12.8 Å². The summed E-state index contributed by atoms with van der Waals surface area (Å²) in [5, 5.41) is 13.6. The molecule has 1 aliphatic carbocycles. The highest BCUT2D eigenvalue weighted by atomic mass is 16.3. The van der Waals surface area contributed by atoms with E-state index in [0.29, 0.717) is 18.1 Å². The summed E-state index contributed by atoms with van der Waals surface area (Å²) in [5.41, 5.74) is 5.84. The Kier molecular flexibility index (Phi) is 3.84. The van der Waals surface area contributed by atoms with E-state index in [0.717, 1.165) is 25.7 Å². The van der Waals surface area contributed by atoms with Crippen molar-refractivity contribution in [3.8, 4) is 0 Å². The Morgan fingerprint density at radius 2 is 2.00 bits per heavy atom. The molecule has 1 aromatic heterocycles. The standard InChI is InChI=1S/C13H21N3O/c14-11-6-5-9-15-12(11)16-10-13(17)7-3-1-2-4-8-13/h5-6,9,17H,1-4,7-8,10,14H2,(H,15,16). The molecular formula is C13H21N3O. The predicted octanol–water partition coefficient (Wildman–Crippen LogP) is 2.16. The average Bonchev–Trinajstić information content (AvgIpc) is 2.54. The number of hydrogen-bond donors (Lipinski definition) is 3. The predicted molar refractivity (Wildman–Crippen MR) is 69.8 cm³/mol. The lowest BCUT2D eigenvalue weighted by Gasteiger charge is -2.27. The van der Waals surface area contributed by atoms with Crippen molar-refractivity contribution in [3.63, 3.8) is 0 Å². The summed E-state index contributed by atoms with van der Waals surface area (Å²) >= 11 is 0. The molecule has 4 N–H and O–H groups in total. The third-order valence-corrected chi connectivity index (χ3v) is 3.46. The number of aromatic nitrogens is 1. The summed E-state index contributed by atoms with van der Waals surface area (Å²) in [6.45, 7) is 0.536. The minimum absolute atomic E-state index is 0.536. The second-order valence-corrected chi connectivity index (χ2v) is 4.93. The van der Waals surface area contributed by atoms with Crippen LogP contribution in [-0.2, 0) is 0 Å². The van der Waals surface area contributed by atoms with Crippen molar-refractivity contribution >= 4 is 11.5 Å². The maximum absolute atomic E-state index is 10.5. The van der Waals surface area contributed by atoms with Gasteiger partial charge in [0.1, 0.15) is 5.82 Å². The zero-order valence-electron chi connectivity index (χ0n) is 10.2. The zero-order chi connectivity index (χ0) is 12.1. The molecule has 4 heteroatoms. The maximum atomic E-state index is 10.5. The van der Waals surface area contributed by atoms with Crippen LogP contribution in [-0.4, -0.2) is 22.2 Å². The normalized spacial score (nSPS) is 19.6. The van der Waals surface area contributed by atoms with Crippen LogP contribution in [0.2, 0.25) is 0 Å². The summed E-state index contributed by atoms with van der Waals surface area (Å²) in [5.74, 6) is 0.671. The van der Waals surface area contributed by atoms with Crippen LogP contribution in [0.3, 0.4) is 0 Å². The Hall–Kier alpha value is -1.29. The van der Waals surface area contributed by atoms with Gasteiger partial charge in [-0.25, -0.2) is 4.98 Å². The largest absolute Gasteiger partial charge is 0.396 e. The first kappa shape index (κ1) is 12.2. The van der Waals surface area contributed by atoms with Gasteiger partial charge in [-0.1, -0.05) is 25.7 Å². The average molecular weight is 235 g/mol. The number of nitrogen functional groups attached to an aromatic ring is 1. The lowest BCUT2D eigenvalue weighted by molar-refractivity contribution is 0.0381. The van der Waals surface area contributed by atoms with E-state index >= 15 is 0 Å². The van der Waals surface area contributed by atoms with Crippen LogP contribution in [0.15, 0.2) is 18.3 Å². The molecule has 4 nitrogen and oxygen atoms in total. The summed E-state index contributed by atoms with van der Waals surface area (Å²) in [6.07, 6.45) is 8.11. The van der Waals surface area contributed by atoms with Crippen LogP contribution >= 0.6 is 0 Å². The van der Waals surface area contributed by atoms with Gasteiger partial charge in [0.25, 0.3) is 0 Å². The van der Waals surface area contributed by atoms with E-state index in [4.69, 9.17) is 5.73 Å². The van der Waals surface area contributed by atoms with Crippen LogP contribution in [0, 0.1) is 0 Å². The molecule has 17 heavy (non-hydrogen) atoms. The number of pyridine rings is 1. The van der Waals surface area contributed by atoms with E-state index in [1.807, 2.05) is 6.07 Å². The van der Waals surface area contributed by atoms with Gasteiger partial charge in [0.05, 0.1) is 11.3 Å². The first-order valence-electron chi connectivity index (χ1n) is 6.36. The van der Waals surface area contributed by atoms with E-state index < -0.39 is 5.60 Å². The van der Waals surface area contributed by atoms with Gasteiger partial charge in [-0.05, 0) is 25.0 Å². The Balaban J connectivity index is 1.94. The fourth-order valence-corrected chi connectivity index (χ4v) is 2.38. The van der Waals surface area contributed by atoms with E-state index in [9.17, 15) is 5.11 Å². The highest BCUT2D eigenvalue weighted by Crippen LogP contribution is 2.27. The summed E-state index contributed by atoms with van der Waals surface area (Å²) < 4.78 is 0. The third kappa shape index (κ3) is 3.33. The van der Waals surface area contributed by atoms with Gasteiger partial charge in [0.2, 0.25) is 0 Å². The van der Waals surface area contributed by atoms with Crippen molar-refractivity contribution < 1.29 is 5.11 Å². The number of nitrogens with one attached hydrogen (secondary N) is 1. The molecule has 2 rings (SSSR count). The topological polar surface area (TPSA) is 71.2 Å². The Bertz CT molecular complexity index is 359. The third-order valence-electron chi connectivity index (χ3n) is 3.46. The number of hydrogen-bond acceptors (Lipinski definition) is 4. The van der Waals surface area contributed by atoms with Crippen LogP contribution in [0.25, 0.3) is 0 Å². The number of nitrogens with zero attached hydrogens (tertiary/aromatic N) is 1. The van der Waals surface area contributed by atoms with Gasteiger partial charge in [-0.15, -0.1) is 0 Å². The molecule has 1 saturated carbocycles. The molecule has 0 bridgehead atoms. The first-order chi connectivity index (χ1) is 8.20. The van der Waals surface area contributed by atoms with E-state index in [2.05, 4.69) is 10.3 Å². The van der Waals surface area contributed by atoms with Gasteiger partial charge in [0.15, 0.2) is 0 Å². The monoisotopic (exact) mass is 235 g/mol. The second-order valence-electron chi connectivity index (χ2n) is 4.93. The molecule has 0 amide bonds. The molecule has 1 fully saturated rings. The Morgan fingerprint density at radius 1 is 1.29 bits per heavy atom. The molecular weight excluding hydrogens is 214 g/mol. The van der Waals surface area contributed by atoms with E-state index in [1.54, 1.807) is 12.3 Å². The molecule has 1 aliphatic rings. The van der Waals surface area contributed by atoms with Gasteiger partial charge in [-0.3, -0.25) is 0 Å². The molecule has 1 aromatic rings. The Morgan fingerprint density at radius 3 is 2.65 bits per heavy atom. The van der Waals surface area contributed by atoms with Gasteiger partial charge in [-0.2, -0.15) is 0 Å². The molecule has 0 unspecified atom stereocenters. The summed E-state index contributed by atoms with van der Waals surface area (Å²) in [6, 6.07) is 3.62. The van der Waals surface area contributed by atoms with Crippen LogP contribution in [0.5, 0.6) is 0 Å². The molecule has 1 heterocycles. The first-order valence-corrected chi connectivity index (χ1v) is 6.36. The van der Waals surface area contributed by atoms with Crippen molar-refractivity contribution in [2.45, 2.75) is 44.1 Å². The fourth-order valence-electron chi connectivity index (χ4n) is 2.38. The number of rotatable bonds is 3. The highest BCUT2D eigenvalue weighted by Gasteiger charge is 2.27. The lowest BCUT2D eigenvalue weighted by atomic mass is 9.94. The number of nitrogens with two attached hydrogens (primary N) is 1. The van der Waals surface area contributed by atoms with Crippen LogP contribution in [0.4, 0.5) is 11.5 Å².